The van der Waals surface area contributed by atoms with Crippen LogP contribution in [-0.4, -0.2) is 42.0 Å². The highest BCUT2D eigenvalue weighted by atomic mass is 35.5. The van der Waals surface area contributed by atoms with Gasteiger partial charge in [0.2, 0.25) is 5.91 Å². The number of carbonyl (C=O) groups is 2. The highest BCUT2D eigenvalue weighted by molar-refractivity contribution is 6.30. The first kappa shape index (κ1) is 18.7. The van der Waals surface area contributed by atoms with E-state index < -0.39 is 5.97 Å². The fraction of sp³-hybridized carbons (Fsp3) is 0.385. The Labute approximate surface area is 129 Å². The first-order chi connectivity index (χ1) is 8.90. The molecular formula is C13H18Cl2N2O3. The summed E-state index contributed by atoms with van der Waals surface area (Å²) in [5.74, 6) is -1.38. The van der Waals surface area contributed by atoms with E-state index in [9.17, 15) is 9.59 Å². The molecule has 0 aliphatic rings. The molecule has 0 spiro atoms. The van der Waals surface area contributed by atoms with Crippen LogP contribution in [0.2, 0.25) is 5.02 Å². The van der Waals surface area contributed by atoms with Crippen molar-refractivity contribution in [3.05, 3.63) is 34.9 Å². The molecule has 0 saturated carbocycles. The number of nitrogens with zero attached hydrogens (tertiary/aromatic N) is 1. The van der Waals surface area contributed by atoms with Crippen LogP contribution in [0.25, 0.3) is 0 Å². The third-order valence-corrected chi connectivity index (χ3v) is 3.06. The second kappa shape index (κ2) is 8.79. The molecule has 1 atom stereocenters. The Morgan fingerprint density at radius 2 is 2.10 bits per heavy atom. The van der Waals surface area contributed by atoms with Crippen LogP contribution in [0, 0.1) is 0 Å². The molecule has 20 heavy (non-hydrogen) atoms. The van der Waals surface area contributed by atoms with Gasteiger partial charge in [-0.2, -0.15) is 0 Å². The van der Waals surface area contributed by atoms with Gasteiger partial charge in [-0.1, -0.05) is 23.7 Å². The second-order valence-corrected chi connectivity index (χ2v) is 4.75. The summed E-state index contributed by atoms with van der Waals surface area (Å²) in [5.41, 5.74) is 1.00. The topological polar surface area (TPSA) is 69.6 Å². The van der Waals surface area contributed by atoms with Crippen molar-refractivity contribution in [3.8, 4) is 0 Å². The molecule has 1 aromatic rings. The van der Waals surface area contributed by atoms with Gasteiger partial charge in [0.1, 0.15) is 6.54 Å². The third kappa shape index (κ3) is 6.23. The molecular weight excluding hydrogens is 303 g/mol. The van der Waals surface area contributed by atoms with E-state index in [2.05, 4.69) is 5.32 Å². The quantitative estimate of drug-likeness (QED) is 0.840. The van der Waals surface area contributed by atoms with Crippen LogP contribution in [0.4, 0.5) is 0 Å². The van der Waals surface area contributed by atoms with Crippen LogP contribution in [0.3, 0.4) is 0 Å². The lowest BCUT2D eigenvalue weighted by Gasteiger charge is -2.24. The molecule has 2 N–H and O–H groups in total. The number of carboxylic acid groups (broad SMARTS) is 1. The van der Waals surface area contributed by atoms with Crippen molar-refractivity contribution in [3.63, 3.8) is 0 Å². The van der Waals surface area contributed by atoms with Gasteiger partial charge in [-0.3, -0.25) is 14.5 Å². The van der Waals surface area contributed by atoms with Gasteiger partial charge in [0.05, 0.1) is 6.54 Å². The number of likely N-dealkylation sites (N-methyl/N-ethyl adjacent to an activating group) is 1. The van der Waals surface area contributed by atoms with Crippen molar-refractivity contribution >= 4 is 35.9 Å². The minimum absolute atomic E-state index is 0. The lowest BCUT2D eigenvalue weighted by molar-refractivity contribution is -0.138. The molecule has 112 valence electrons. The monoisotopic (exact) mass is 320 g/mol. The molecule has 1 aromatic carbocycles. The number of rotatable bonds is 6. The fourth-order valence-electron chi connectivity index (χ4n) is 1.61. The van der Waals surface area contributed by atoms with Crippen molar-refractivity contribution in [2.24, 2.45) is 0 Å². The van der Waals surface area contributed by atoms with Crippen LogP contribution >= 0.6 is 24.0 Å². The zero-order valence-corrected chi connectivity index (χ0v) is 12.9. The number of carboxylic acids is 1. The Hall–Kier alpha value is -1.30. The average Bonchev–Trinajstić information content (AvgIpc) is 2.35. The molecule has 5 nitrogen and oxygen atoms in total. The first-order valence-corrected chi connectivity index (χ1v) is 6.22. The average molecular weight is 321 g/mol. The zero-order chi connectivity index (χ0) is 14.4. The Morgan fingerprint density at radius 3 is 2.65 bits per heavy atom. The number of benzene rings is 1. The van der Waals surface area contributed by atoms with Crippen molar-refractivity contribution in [1.82, 2.24) is 10.2 Å². The predicted octanol–water partition coefficient (Wildman–Crippen LogP) is 1.96. The van der Waals surface area contributed by atoms with Crippen LogP contribution in [0.15, 0.2) is 24.3 Å². The summed E-state index contributed by atoms with van der Waals surface area (Å²) in [6, 6.07) is 7.43. The number of nitrogens with one attached hydrogen (secondary N) is 1. The summed E-state index contributed by atoms with van der Waals surface area (Å²) in [6.07, 6.45) is 0. The lowest BCUT2D eigenvalue weighted by atomic mass is 10.1. The van der Waals surface area contributed by atoms with Crippen molar-refractivity contribution in [1.29, 1.82) is 0 Å². The Bertz CT molecular complexity index is 469. The van der Waals surface area contributed by atoms with E-state index in [-0.39, 0.29) is 37.4 Å². The third-order valence-electron chi connectivity index (χ3n) is 2.82. The maximum absolute atomic E-state index is 11.5. The SMILES string of the molecule is CC(c1cccc(Cl)c1)N(C)CC(=O)NCC(=O)O.Cl. The molecule has 1 unspecified atom stereocenters. The number of hydrogen-bond acceptors (Lipinski definition) is 3. The number of halogens is 2. The molecule has 0 aromatic heterocycles. The molecule has 1 amide bonds. The number of hydrogen-bond donors (Lipinski definition) is 2. The van der Waals surface area contributed by atoms with E-state index in [4.69, 9.17) is 16.7 Å². The van der Waals surface area contributed by atoms with Crippen molar-refractivity contribution < 1.29 is 14.7 Å². The molecule has 7 heteroatoms. The molecule has 0 fully saturated rings. The molecule has 0 radical (unpaired) electrons. The number of carbonyl (C=O) groups excluding carboxylic acids is 1. The van der Waals surface area contributed by atoms with Crippen LogP contribution in [0.5, 0.6) is 0 Å². The number of aliphatic carboxylic acids is 1. The summed E-state index contributed by atoms with van der Waals surface area (Å²) in [7, 11) is 1.80. The van der Waals surface area contributed by atoms with Gasteiger partial charge in [0.25, 0.3) is 0 Å². The summed E-state index contributed by atoms with van der Waals surface area (Å²) in [5, 5.41) is 11.4. The standard InChI is InChI=1S/C13H17ClN2O3.ClH/c1-9(10-4-3-5-11(14)6-10)16(2)8-12(17)15-7-13(18)19;/h3-6,9H,7-8H2,1-2H3,(H,15,17)(H,18,19);1H. The second-order valence-electron chi connectivity index (χ2n) is 4.32. The molecule has 0 heterocycles. The summed E-state index contributed by atoms with van der Waals surface area (Å²) >= 11 is 5.92. The van der Waals surface area contributed by atoms with Gasteiger partial charge in [-0.05, 0) is 31.7 Å². The molecule has 0 bridgehead atoms. The lowest BCUT2D eigenvalue weighted by Crippen LogP contribution is -2.38. The highest BCUT2D eigenvalue weighted by Crippen LogP contribution is 2.21. The largest absolute Gasteiger partial charge is 0.480 e. The smallest absolute Gasteiger partial charge is 0.322 e. The van der Waals surface area contributed by atoms with Crippen molar-refractivity contribution in [2.45, 2.75) is 13.0 Å². The van der Waals surface area contributed by atoms with Gasteiger partial charge >= 0.3 is 5.97 Å². The van der Waals surface area contributed by atoms with Crippen LogP contribution < -0.4 is 5.32 Å². The van der Waals surface area contributed by atoms with Gasteiger partial charge in [0, 0.05) is 11.1 Å². The van der Waals surface area contributed by atoms with Crippen LogP contribution in [-0.2, 0) is 9.59 Å². The Balaban J connectivity index is 0.00000361. The fourth-order valence-corrected chi connectivity index (χ4v) is 1.81. The van der Waals surface area contributed by atoms with E-state index in [0.29, 0.717) is 5.02 Å². The summed E-state index contributed by atoms with van der Waals surface area (Å²) in [4.78, 5) is 23.7. The van der Waals surface area contributed by atoms with E-state index in [1.54, 1.807) is 13.1 Å². The van der Waals surface area contributed by atoms with E-state index in [1.165, 1.54) is 0 Å². The zero-order valence-electron chi connectivity index (χ0n) is 11.3. The van der Waals surface area contributed by atoms with Crippen molar-refractivity contribution in [2.75, 3.05) is 20.1 Å². The Morgan fingerprint density at radius 1 is 1.45 bits per heavy atom. The maximum Gasteiger partial charge on any atom is 0.322 e. The molecule has 0 saturated heterocycles. The molecule has 1 rings (SSSR count). The normalized spacial score (nSPS) is 11.6. The Kier molecular flexibility index (Phi) is 8.22. The van der Waals surface area contributed by atoms with Gasteiger partial charge < -0.3 is 10.4 Å². The first-order valence-electron chi connectivity index (χ1n) is 5.84. The van der Waals surface area contributed by atoms with Gasteiger partial charge in [0.15, 0.2) is 0 Å². The summed E-state index contributed by atoms with van der Waals surface area (Å²) in [6.45, 7) is 1.72. The van der Waals surface area contributed by atoms with E-state index in [1.807, 2.05) is 30.0 Å². The van der Waals surface area contributed by atoms with E-state index >= 15 is 0 Å². The molecule has 0 aliphatic heterocycles. The highest BCUT2D eigenvalue weighted by Gasteiger charge is 2.15. The molecule has 0 aliphatic carbocycles. The maximum atomic E-state index is 11.5. The minimum atomic E-state index is -1.06. The summed E-state index contributed by atoms with van der Waals surface area (Å²) < 4.78 is 0. The predicted molar refractivity (Wildman–Crippen MR) is 80.4 cm³/mol. The van der Waals surface area contributed by atoms with Gasteiger partial charge in [-0.25, -0.2) is 0 Å². The van der Waals surface area contributed by atoms with Crippen LogP contribution in [0.1, 0.15) is 18.5 Å². The number of amides is 1. The van der Waals surface area contributed by atoms with Gasteiger partial charge in [-0.15, -0.1) is 12.4 Å². The minimum Gasteiger partial charge on any atom is -0.480 e. The van der Waals surface area contributed by atoms with E-state index in [0.717, 1.165) is 5.56 Å².